The van der Waals surface area contributed by atoms with Crippen molar-refractivity contribution in [2.75, 3.05) is 0 Å². The van der Waals surface area contributed by atoms with Crippen LogP contribution in [0.5, 0.6) is 0 Å². The van der Waals surface area contributed by atoms with E-state index in [2.05, 4.69) is 11.1 Å². The number of aryl methyl sites for hydroxylation is 3. The van der Waals surface area contributed by atoms with Gasteiger partial charge in [0.25, 0.3) is 0 Å². The Bertz CT molecular complexity index is 1340. The zero-order valence-electron chi connectivity index (χ0n) is 17.1. The number of carbonyl (C=O) groups is 1. The first-order valence-corrected chi connectivity index (χ1v) is 9.70. The van der Waals surface area contributed by atoms with Crippen LogP contribution in [-0.2, 0) is 6.54 Å². The van der Waals surface area contributed by atoms with Crippen molar-refractivity contribution in [1.82, 2.24) is 9.55 Å². The third-order valence-corrected chi connectivity index (χ3v) is 5.25. The molecule has 5 heteroatoms. The average Bonchev–Trinajstić information content (AvgIpc) is 2.72. The largest absolute Gasteiger partial charge is 0.327 e. The minimum Gasteiger partial charge on any atom is -0.327 e. The number of nitrogens with zero attached hydrogens (tertiary/aromatic N) is 2. The molecule has 4 nitrogen and oxygen atoms in total. The molecule has 30 heavy (non-hydrogen) atoms. The van der Waals surface area contributed by atoms with Gasteiger partial charge in [0.05, 0.1) is 10.9 Å². The summed E-state index contributed by atoms with van der Waals surface area (Å²) in [5.74, 6) is -0.867. The second-order valence-electron chi connectivity index (χ2n) is 7.59. The lowest BCUT2D eigenvalue weighted by Crippen LogP contribution is -2.21. The van der Waals surface area contributed by atoms with Gasteiger partial charge in [-0.3, -0.25) is 9.59 Å². The highest BCUT2D eigenvalue weighted by Crippen LogP contribution is 2.18. The quantitative estimate of drug-likeness (QED) is 0.465. The van der Waals surface area contributed by atoms with Crippen LogP contribution in [0, 0.1) is 26.6 Å². The van der Waals surface area contributed by atoms with E-state index in [0.717, 1.165) is 16.8 Å². The van der Waals surface area contributed by atoms with Crippen LogP contribution in [0.3, 0.4) is 0 Å². The van der Waals surface area contributed by atoms with E-state index >= 15 is 0 Å². The van der Waals surface area contributed by atoms with Crippen molar-refractivity contribution in [3.8, 4) is 0 Å². The number of benzene rings is 2. The molecule has 0 aliphatic heterocycles. The zero-order chi connectivity index (χ0) is 21.4. The predicted octanol–water partition coefficient (Wildman–Crippen LogP) is 4.74. The maximum atomic E-state index is 13.3. The van der Waals surface area contributed by atoms with Crippen molar-refractivity contribution in [1.29, 1.82) is 0 Å². The average molecular weight is 400 g/mol. The molecule has 0 aliphatic carbocycles. The normalized spacial score (nSPS) is 11.1. The van der Waals surface area contributed by atoms with Gasteiger partial charge in [-0.15, -0.1) is 0 Å². The third-order valence-electron chi connectivity index (χ3n) is 5.25. The van der Waals surface area contributed by atoms with E-state index in [1.807, 2.05) is 37.5 Å². The van der Waals surface area contributed by atoms with Crippen LogP contribution in [0.25, 0.3) is 11.0 Å². The molecule has 0 amide bonds. The van der Waals surface area contributed by atoms with Gasteiger partial charge in [-0.05, 0) is 68.3 Å². The lowest BCUT2D eigenvalue weighted by atomic mass is 10.0. The molecule has 2 heterocycles. The van der Waals surface area contributed by atoms with Gasteiger partial charge in [0.1, 0.15) is 11.5 Å². The first-order chi connectivity index (χ1) is 14.3. The predicted molar refractivity (Wildman–Crippen MR) is 116 cm³/mol. The molecule has 150 valence electrons. The lowest BCUT2D eigenvalue weighted by Gasteiger charge is -2.15. The molecule has 0 atom stereocenters. The van der Waals surface area contributed by atoms with Crippen LogP contribution in [0.4, 0.5) is 4.39 Å². The first kappa shape index (κ1) is 19.7. The standard InChI is InChI=1S/C25H21FN2O2/c1-15-4-6-19(16(2)12-15)13-28-14-22(23(29)18-7-9-20(26)10-8-18)24(30)21-11-5-17(3)27-25(21)28/h4-12,14H,13H2,1-3H3. The number of halogens is 1. The number of pyridine rings is 2. The van der Waals surface area contributed by atoms with E-state index in [-0.39, 0.29) is 16.6 Å². The number of ketones is 1. The highest BCUT2D eigenvalue weighted by atomic mass is 19.1. The Morgan fingerprint density at radius 3 is 2.43 bits per heavy atom. The summed E-state index contributed by atoms with van der Waals surface area (Å²) in [5, 5.41) is 0.387. The molecule has 0 aliphatic rings. The second kappa shape index (κ2) is 7.67. The fourth-order valence-electron chi connectivity index (χ4n) is 3.61. The number of carbonyl (C=O) groups excluding carboxylic acids is 1. The molecular weight excluding hydrogens is 379 g/mol. The summed E-state index contributed by atoms with van der Waals surface area (Å²) in [4.78, 5) is 30.7. The molecule has 0 radical (unpaired) electrons. The zero-order valence-corrected chi connectivity index (χ0v) is 17.1. The van der Waals surface area contributed by atoms with Crippen molar-refractivity contribution < 1.29 is 9.18 Å². The smallest absolute Gasteiger partial charge is 0.202 e. The minimum atomic E-state index is -0.433. The van der Waals surface area contributed by atoms with E-state index < -0.39 is 11.6 Å². The Labute approximate surface area is 173 Å². The first-order valence-electron chi connectivity index (χ1n) is 9.70. The minimum absolute atomic E-state index is 0.0459. The molecule has 4 rings (SSSR count). The SMILES string of the molecule is Cc1ccc(Cn2cc(C(=O)c3ccc(F)cc3)c(=O)c3ccc(C)nc32)c(C)c1. The van der Waals surface area contributed by atoms with Crippen molar-refractivity contribution >= 4 is 16.8 Å². The van der Waals surface area contributed by atoms with E-state index in [4.69, 9.17) is 0 Å². The number of rotatable bonds is 4. The topological polar surface area (TPSA) is 52.0 Å². The number of hydrogen-bond donors (Lipinski definition) is 0. The summed E-state index contributed by atoms with van der Waals surface area (Å²) in [6.07, 6.45) is 1.57. The van der Waals surface area contributed by atoms with Gasteiger partial charge in [-0.1, -0.05) is 23.8 Å². The summed E-state index contributed by atoms with van der Waals surface area (Å²) < 4.78 is 15.1. The Morgan fingerprint density at radius 2 is 1.73 bits per heavy atom. The van der Waals surface area contributed by atoms with Crippen LogP contribution >= 0.6 is 0 Å². The fraction of sp³-hybridized carbons (Fsp3) is 0.160. The molecule has 4 aromatic rings. The molecule has 0 saturated heterocycles. The molecule has 0 saturated carbocycles. The molecule has 0 fully saturated rings. The summed E-state index contributed by atoms with van der Waals surface area (Å²) in [6, 6.07) is 14.9. The number of fused-ring (bicyclic) bond motifs is 1. The molecule has 2 aromatic carbocycles. The van der Waals surface area contributed by atoms with E-state index in [1.165, 1.54) is 29.8 Å². The Kier molecular flexibility index (Phi) is 5.04. The Morgan fingerprint density at radius 1 is 1.00 bits per heavy atom. The highest BCUT2D eigenvalue weighted by molar-refractivity contribution is 6.10. The van der Waals surface area contributed by atoms with Crippen LogP contribution in [0.2, 0.25) is 0 Å². The number of aromatic nitrogens is 2. The molecule has 0 N–H and O–H groups in total. The van der Waals surface area contributed by atoms with Gasteiger partial charge in [0.15, 0.2) is 5.78 Å². The van der Waals surface area contributed by atoms with Gasteiger partial charge in [-0.2, -0.15) is 0 Å². The van der Waals surface area contributed by atoms with Crippen LogP contribution in [0.15, 0.2) is 65.6 Å². The highest BCUT2D eigenvalue weighted by Gasteiger charge is 2.18. The Hall–Kier alpha value is -3.60. The van der Waals surface area contributed by atoms with Crippen molar-refractivity contribution in [3.63, 3.8) is 0 Å². The van der Waals surface area contributed by atoms with Crippen molar-refractivity contribution in [3.05, 3.63) is 110 Å². The Balaban J connectivity index is 1.91. The second-order valence-corrected chi connectivity index (χ2v) is 7.59. The lowest BCUT2D eigenvalue weighted by molar-refractivity contribution is 0.103. The van der Waals surface area contributed by atoms with Gasteiger partial charge < -0.3 is 4.57 Å². The van der Waals surface area contributed by atoms with Crippen molar-refractivity contribution in [2.24, 2.45) is 0 Å². The summed E-state index contributed by atoms with van der Waals surface area (Å²) in [6.45, 7) is 6.41. The maximum absolute atomic E-state index is 13.3. The van der Waals surface area contributed by atoms with E-state index in [0.29, 0.717) is 17.6 Å². The van der Waals surface area contributed by atoms with Crippen LogP contribution in [-0.4, -0.2) is 15.3 Å². The van der Waals surface area contributed by atoms with Gasteiger partial charge >= 0.3 is 0 Å². The van der Waals surface area contributed by atoms with Gasteiger partial charge in [0, 0.05) is 24.0 Å². The van der Waals surface area contributed by atoms with Gasteiger partial charge in [-0.25, -0.2) is 9.37 Å². The van der Waals surface area contributed by atoms with Gasteiger partial charge in [0.2, 0.25) is 5.43 Å². The fourth-order valence-corrected chi connectivity index (χ4v) is 3.61. The molecule has 0 unspecified atom stereocenters. The summed E-state index contributed by atoms with van der Waals surface area (Å²) in [5.41, 5.74) is 4.64. The van der Waals surface area contributed by atoms with E-state index in [1.54, 1.807) is 18.3 Å². The molecule has 0 bridgehead atoms. The van der Waals surface area contributed by atoms with E-state index in [9.17, 15) is 14.0 Å². The molecular formula is C25H21FN2O2. The monoisotopic (exact) mass is 400 g/mol. The maximum Gasteiger partial charge on any atom is 0.202 e. The third kappa shape index (κ3) is 3.66. The molecule has 0 spiro atoms. The number of hydrogen-bond acceptors (Lipinski definition) is 3. The summed E-state index contributed by atoms with van der Waals surface area (Å²) in [7, 11) is 0. The van der Waals surface area contributed by atoms with Crippen LogP contribution in [0.1, 0.15) is 38.3 Å². The van der Waals surface area contributed by atoms with Crippen molar-refractivity contribution in [2.45, 2.75) is 27.3 Å². The van der Waals surface area contributed by atoms with Crippen LogP contribution < -0.4 is 5.43 Å². The molecule has 2 aromatic heterocycles. The summed E-state index contributed by atoms with van der Waals surface area (Å²) >= 11 is 0.